The first-order chi connectivity index (χ1) is 8.55. The van der Waals surface area contributed by atoms with Crippen molar-refractivity contribution in [1.82, 2.24) is 4.90 Å². The van der Waals surface area contributed by atoms with E-state index in [1.165, 1.54) is 6.08 Å². The van der Waals surface area contributed by atoms with E-state index in [4.69, 9.17) is 4.74 Å². The van der Waals surface area contributed by atoms with E-state index in [-0.39, 0.29) is 12.5 Å². The molecule has 0 radical (unpaired) electrons. The fourth-order valence-electron chi connectivity index (χ4n) is 2.20. The van der Waals surface area contributed by atoms with E-state index in [2.05, 4.69) is 6.58 Å². The first kappa shape index (κ1) is 15.4. The third-order valence-corrected chi connectivity index (χ3v) is 3.19. The summed E-state index contributed by atoms with van der Waals surface area (Å²) in [5.41, 5.74) is -1.73. The second kappa shape index (κ2) is 4.79. The van der Waals surface area contributed by atoms with Crippen LogP contribution in [-0.4, -0.2) is 34.8 Å². The molecule has 0 bridgehead atoms. The summed E-state index contributed by atoms with van der Waals surface area (Å²) in [4.78, 5) is 37.8. The zero-order valence-corrected chi connectivity index (χ0v) is 12.1. The van der Waals surface area contributed by atoms with Crippen molar-refractivity contribution in [3.63, 3.8) is 0 Å². The quantitative estimate of drug-likeness (QED) is 0.336. The fourth-order valence-corrected chi connectivity index (χ4v) is 2.20. The van der Waals surface area contributed by atoms with E-state index in [1.807, 2.05) is 0 Å². The van der Waals surface area contributed by atoms with E-state index in [9.17, 15) is 14.4 Å². The third-order valence-electron chi connectivity index (χ3n) is 3.19. The van der Waals surface area contributed by atoms with Crippen molar-refractivity contribution in [1.29, 1.82) is 0 Å². The summed E-state index contributed by atoms with van der Waals surface area (Å²) in [6.45, 7) is 11.9. The van der Waals surface area contributed by atoms with Gasteiger partial charge in [0.15, 0.2) is 0 Å². The Kier molecular flexibility index (Phi) is 3.89. The van der Waals surface area contributed by atoms with Crippen molar-refractivity contribution >= 4 is 17.8 Å². The molecule has 0 N–H and O–H groups in total. The van der Waals surface area contributed by atoms with Crippen LogP contribution in [0.25, 0.3) is 0 Å². The molecule has 106 valence electrons. The van der Waals surface area contributed by atoms with Gasteiger partial charge in [-0.05, 0) is 34.6 Å². The monoisotopic (exact) mass is 267 g/mol. The Morgan fingerprint density at radius 2 is 1.95 bits per heavy atom. The topological polar surface area (TPSA) is 63.7 Å². The van der Waals surface area contributed by atoms with Crippen LogP contribution in [0.15, 0.2) is 12.7 Å². The summed E-state index contributed by atoms with van der Waals surface area (Å²) in [5.74, 6) is -2.59. The molecule has 1 unspecified atom stereocenters. The molecule has 1 fully saturated rings. The Balaban J connectivity index is 3.13. The average Bonchev–Trinajstić information content (AvgIpc) is 2.41. The molecule has 0 aliphatic carbocycles. The highest BCUT2D eigenvalue weighted by Gasteiger charge is 2.60. The minimum absolute atomic E-state index is 0.0302. The Morgan fingerprint density at radius 3 is 2.32 bits per heavy atom. The number of imide groups is 1. The smallest absolute Gasteiger partial charge is 0.319 e. The summed E-state index contributed by atoms with van der Waals surface area (Å²) < 4.78 is 4.93. The molecular weight excluding hydrogens is 246 g/mol. The molecule has 1 atom stereocenters. The minimum Gasteiger partial charge on any atom is -0.461 e. The number of carbonyl (C=O) groups excluding carboxylic acids is 3. The molecule has 1 heterocycles. The molecule has 1 aliphatic heterocycles. The predicted molar refractivity (Wildman–Crippen MR) is 70.0 cm³/mol. The number of hydrogen-bond acceptors (Lipinski definition) is 4. The van der Waals surface area contributed by atoms with Gasteiger partial charge in [-0.25, -0.2) is 0 Å². The molecule has 0 aromatic rings. The van der Waals surface area contributed by atoms with E-state index in [0.29, 0.717) is 0 Å². The lowest BCUT2D eigenvalue weighted by molar-refractivity contribution is -0.155. The SMILES string of the molecule is C=CCOC(=O)C1C(=O)N(C(C)(C)C)C(=O)C1(C)C. The van der Waals surface area contributed by atoms with Gasteiger partial charge in [-0.1, -0.05) is 12.7 Å². The predicted octanol–water partition coefficient (Wildman–Crippen LogP) is 1.53. The van der Waals surface area contributed by atoms with Crippen LogP contribution in [0.2, 0.25) is 0 Å². The van der Waals surface area contributed by atoms with Crippen LogP contribution in [-0.2, 0) is 19.1 Å². The largest absolute Gasteiger partial charge is 0.461 e. The van der Waals surface area contributed by atoms with Gasteiger partial charge in [-0.2, -0.15) is 0 Å². The number of esters is 1. The number of rotatable bonds is 3. The number of hydrogen-bond donors (Lipinski definition) is 0. The highest BCUT2D eigenvalue weighted by Crippen LogP contribution is 2.41. The summed E-state index contributed by atoms with van der Waals surface area (Å²) in [7, 11) is 0. The number of nitrogens with zero attached hydrogens (tertiary/aromatic N) is 1. The molecule has 0 aromatic heterocycles. The lowest BCUT2D eigenvalue weighted by Gasteiger charge is -2.30. The summed E-state index contributed by atoms with van der Waals surface area (Å²) in [6.07, 6.45) is 1.42. The molecule has 1 aliphatic rings. The molecule has 0 spiro atoms. The van der Waals surface area contributed by atoms with Gasteiger partial charge in [0.2, 0.25) is 11.8 Å². The van der Waals surface area contributed by atoms with Crippen LogP contribution < -0.4 is 0 Å². The van der Waals surface area contributed by atoms with Gasteiger partial charge in [0.25, 0.3) is 0 Å². The van der Waals surface area contributed by atoms with Crippen LogP contribution in [0.3, 0.4) is 0 Å². The minimum atomic E-state index is -1.08. The number of likely N-dealkylation sites (tertiary alicyclic amines) is 1. The van der Waals surface area contributed by atoms with Crippen LogP contribution in [0.5, 0.6) is 0 Å². The van der Waals surface area contributed by atoms with Gasteiger partial charge in [-0.15, -0.1) is 0 Å². The third kappa shape index (κ3) is 2.55. The first-order valence-corrected chi connectivity index (χ1v) is 6.21. The lowest BCUT2D eigenvalue weighted by Crippen LogP contribution is -2.46. The summed E-state index contributed by atoms with van der Waals surface area (Å²) in [6, 6.07) is 0. The average molecular weight is 267 g/mol. The van der Waals surface area contributed by atoms with Crippen LogP contribution >= 0.6 is 0 Å². The van der Waals surface area contributed by atoms with Crippen LogP contribution in [0.1, 0.15) is 34.6 Å². The summed E-state index contributed by atoms with van der Waals surface area (Å²) >= 11 is 0. The van der Waals surface area contributed by atoms with Crippen molar-refractivity contribution in [2.75, 3.05) is 6.61 Å². The normalized spacial score (nSPS) is 22.6. The molecule has 1 rings (SSSR count). The van der Waals surface area contributed by atoms with Gasteiger partial charge in [0, 0.05) is 5.54 Å². The van der Waals surface area contributed by atoms with Crippen molar-refractivity contribution in [2.45, 2.75) is 40.2 Å². The maximum Gasteiger partial charge on any atom is 0.319 e. The molecule has 5 nitrogen and oxygen atoms in total. The Hall–Kier alpha value is -1.65. The zero-order chi connectivity index (χ0) is 15.0. The molecule has 2 amide bonds. The van der Waals surface area contributed by atoms with Crippen LogP contribution in [0, 0.1) is 11.3 Å². The van der Waals surface area contributed by atoms with Gasteiger partial charge in [0.1, 0.15) is 12.5 Å². The van der Waals surface area contributed by atoms with E-state index < -0.39 is 28.7 Å². The molecular formula is C14H21NO4. The maximum absolute atomic E-state index is 12.4. The van der Waals surface area contributed by atoms with Gasteiger partial charge in [0.05, 0.1) is 5.41 Å². The number of amides is 2. The standard InChI is InChI=1S/C14H21NO4/c1-7-8-19-11(17)9-10(16)15(13(2,3)4)12(18)14(9,5)6/h7,9H,1,8H2,2-6H3. The molecule has 19 heavy (non-hydrogen) atoms. The Morgan fingerprint density at radius 1 is 1.42 bits per heavy atom. The maximum atomic E-state index is 12.4. The van der Waals surface area contributed by atoms with Crippen molar-refractivity contribution in [3.05, 3.63) is 12.7 Å². The van der Waals surface area contributed by atoms with Gasteiger partial charge >= 0.3 is 5.97 Å². The molecule has 0 aromatic carbocycles. The Labute approximate surface area is 113 Å². The van der Waals surface area contributed by atoms with Crippen molar-refractivity contribution < 1.29 is 19.1 Å². The van der Waals surface area contributed by atoms with Crippen molar-refractivity contribution in [3.8, 4) is 0 Å². The number of carbonyl (C=O) groups is 3. The number of ether oxygens (including phenoxy) is 1. The molecule has 1 saturated heterocycles. The van der Waals surface area contributed by atoms with E-state index in [1.54, 1.807) is 34.6 Å². The second-order valence-corrected chi connectivity index (χ2v) is 6.22. The lowest BCUT2D eigenvalue weighted by atomic mass is 9.81. The highest BCUT2D eigenvalue weighted by atomic mass is 16.5. The van der Waals surface area contributed by atoms with E-state index in [0.717, 1.165) is 4.90 Å². The highest BCUT2D eigenvalue weighted by molar-refractivity contribution is 6.15. The fraction of sp³-hybridized carbons (Fsp3) is 0.643. The Bertz CT molecular complexity index is 431. The summed E-state index contributed by atoms with van der Waals surface area (Å²) in [5, 5.41) is 0. The van der Waals surface area contributed by atoms with Crippen molar-refractivity contribution in [2.24, 2.45) is 11.3 Å². The molecule has 5 heteroatoms. The molecule has 0 saturated carbocycles. The second-order valence-electron chi connectivity index (χ2n) is 6.22. The van der Waals surface area contributed by atoms with Gasteiger partial charge < -0.3 is 4.74 Å². The van der Waals surface area contributed by atoms with Crippen LogP contribution in [0.4, 0.5) is 0 Å². The van der Waals surface area contributed by atoms with Gasteiger partial charge in [-0.3, -0.25) is 19.3 Å². The van der Waals surface area contributed by atoms with E-state index >= 15 is 0 Å². The zero-order valence-electron chi connectivity index (χ0n) is 12.1. The first-order valence-electron chi connectivity index (χ1n) is 6.21.